The Hall–Kier alpha value is -1.99. The molecule has 0 amide bonds. The zero-order chi connectivity index (χ0) is 14.8. The Morgan fingerprint density at radius 1 is 1.25 bits per heavy atom. The lowest BCUT2D eigenvalue weighted by atomic mass is 10.2. The maximum absolute atomic E-state index is 13.3. The summed E-state index contributed by atoms with van der Waals surface area (Å²) < 4.78 is 40.2. The van der Waals surface area contributed by atoms with E-state index in [4.69, 9.17) is 5.73 Å². The van der Waals surface area contributed by atoms with E-state index >= 15 is 0 Å². The molecule has 0 fully saturated rings. The lowest BCUT2D eigenvalue weighted by Crippen LogP contribution is -2.28. The Kier molecular flexibility index (Phi) is 4.01. The summed E-state index contributed by atoms with van der Waals surface area (Å²) in [5.41, 5.74) is 5.64. The van der Waals surface area contributed by atoms with Gasteiger partial charge in [0.25, 0.3) is 0 Å². The van der Waals surface area contributed by atoms with Crippen molar-refractivity contribution in [3.63, 3.8) is 0 Å². The van der Waals surface area contributed by atoms with Crippen molar-refractivity contribution in [2.24, 2.45) is 0 Å². The van der Waals surface area contributed by atoms with Crippen LogP contribution >= 0.6 is 0 Å². The fourth-order valence-corrected chi connectivity index (χ4v) is 3.10. The summed E-state index contributed by atoms with van der Waals surface area (Å²) in [5, 5.41) is 0. The van der Waals surface area contributed by atoms with Gasteiger partial charge in [-0.2, -0.15) is 0 Å². The van der Waals surface area contributed by atoms with Gasteiger partial charge in [-0.15, -0.1) is 0 Å². The van der Waals surface area contributed by atoms with Crippen molar-refractivity contribution in [3.05, 3.63) is 54.1 Å². The first-order valence-corrected chi connectivity index (χ1v) is 7.37. The van der Waals surface area contributed by atoms with Crippen molar-refractivity contribution in [1.82, 2.24) is 9.71 Å². The SMILES string of the molecule is CC(NS(=O)(=O)c1cccc(F)c1N)c1ccccn1. The van der Waals surface area contributed by atoms with Gasteiger partial charge in [-0.05, 0) is 31.2 Å². The van der Waals surface area contributed by atoms with Gasteiger partial charge in [0.1, 0.15) is 10.7 Å². The molecule has 0 aliphatic heterocycles. The summed E-state index contributed by atoms with van der Waals surface area (Å²) in [6.45, 7) is 1.65. The van der Waals surface area contributed by atoms with Crippen LogP contribution in [0.15, 0.2) is 47.5 Å². The number of nitrogens with two attached hydrogens (primary N) is 1. The summed E-state index contributed by atoms with van der Waals surface area (Å²) in [5.74, 6) is -0.765. The standard InChI is InChI=1S/C13H14FN3O2S/c1-9(11-6-2-3-8-16-11)17-20(18,19)12-7-4-5-10(14)13(12)15/h2-9,17H,15H2,1H3. The zero-order valence-electron chi connectivity index (χ0n) is 10.7. The molecule has 0 aliphatic carbocycles. The number of nitrogen functional groups attached to an aromatic ring is 1. The quantitative estimate of drug-likeness (QED) is 0.843. The number of para-hydroxylation sites is 1. The summed E-state index contributed by atoms with van der Waals surface area (Å²) in [7, 11) is -3.92. The second-order valence-corrected chi connectivity index (χ2v) is 5.93. The maximum Gasteiger partial charge on any atom is 0.243 e. The van der Waals surface area contributed by atoms with E-state index in [-0.39, 0.29) is 4.90 Å². The van der Waals surface area contributed by atoms with E-state index in [0.29, 0.717) is 5.69 Å². The second-order valence-electron chi connectivity index (χ2n) is 4.25. The van der Waals surface area contributed by atoms with Gasteiger partial charge in [-0.25, -0.2) is 17.5 Å². The van der Waals surface area contributed by atoms with Crippen LogP contribution < -0.4 is 10.5 Å². The predicted octanol–water partition coefficient (Wildman–Crippen LogP) is 1.84. The van der Waals surface area contributed by atoms with Gasteiger partial charge in [0.15, 0.2) is 0 Å². The van der Waals surface area contributed by atoms with Crippen LogP contribution in [-0.2, 0) is 10.0 Å². The van der Waals surface area contributed by atoms with Crippen LogP contribution in [0.2, 0.25) is 0 Å². The number of pyridine rings is 1. The highest BCUT2D eigenvalue weighted by atomic mass is 32.2. The molecule has 0 aliphatic rings. The van der Waals surface area contributed by atoms with Crippen molar-refractivity contribution in [1.29, 1.82) is 0 Å². The average molecular weight is 295 g/mol. The van der Waals surface area contributed by atoms with Gasteiger partial charge in [0, 0.05) is 6.20 Å². The molecule has 2 rings (SSSR count). The molecule has 3 N–H and O–H groups in total. The number of hydrogen-bond acceptors (Lipinski definition) is 4. The minimum Gasteiger partial charge on any atom is -0.395 e. The fraction of sp³-hybridized carbons (Fsp3) is 0.154. The molecule has 1 heterocycles. The lowest BCUT2D eigenvalue weighted by Gasteiger charge is -2.15. The van der Waals surface area contributed by atoms with E-state index in [0.717, 1.165) is 6.07 Å². The number of benzene rings is 1. The molecule has 0 saturated carbocycles. The number of aromatic nitrogens is 1. The highest BCUT2D eigenvalue weighted by Crippen LogP contribution is 2.22. The number of nitrogens with zero attached hydrogens (tertiary/aromatic N) is 1. The first-order valence-electron chi connectivity index (χ1n) is 5.89. The van der Waals surface area contributed by atoms with Crippen molar-refractivity contribution in [2.45, 2.75) is 17.9 Å². The molecule has 1 unspecified atom stereocenters. The topological polar surface area (TPSA) is 85.1 Å². The van der Waals surface area contributed by atoms with E-state index in [2.05, 4.69) is 9.71 Å². The first kappa shape index (κ1) is 14.4. The van der Waals surface area contributed by atoms with Crippen molar-refractivity contribution >= 4 is 15.7 Å². The number of hydrogen-bond donors (Lipinski definition) is 2. The predicted molar refractivity (Wildman–Crippen MR) is 73.8 cm³/mol. The Balaban J connectivity index is 2.30. The van der Waals surface area contributed by atoms with Crippen LogP contribution in [0, 0.1) is 5.82 Å². The Labute approximate surface area is 116 Å². The molecule has 0 bridgehead atoms. The normalized spacial score (nSPS) is 13.1. The third-order valence-electron chi connectivity index (χ3n) is 2.77. The number of halogens is 1. The van der Waals surface area contributed by atoms with Gasteiger partial charge in [0.05, 0.1) is 17.4 Å². The van der Waals surface area contributed by atoms with Crippen molar-refractivity contribution in [3.8, 4) is 0 Å². The average Bonchev–Trinajstić information content (AvgIpc) is 2.42. The van der Waals surface area contributed by atoms with Crippen LogP contribution in [0.1, 0.15) is 18.7 Å². The van der Waals surface area contributed by atoms with E-state index in [9.17, 15) is 12.8 Å². The number of anilines is 1. The van der Waals surface area contributed by atoms with Gasteiger partial charge in [0.2, 0.25) is 10.0 Å². The van der Waals surface area contributed by atoms with E-state index in [1.54, 1.807) is 31.3 Å². The van der Waals surface area contributed by atoms with Gasteiger partial charge >= 0.3 is 0 Å². The number of rotatable bonds is 4. The summed E-state index contributed by atoms with van der Waals surface area (Å²) >= 11 is 0. The van der Waals surface area contributed by atoms with Crippen LogP contribution in [0.3, 0.4) is 0 Å². The molecule has 106 valence electrons. The molecule has 5 nitrogen and oxygen atoms in total. The van der Waals surface area contributed by atoms with Gasteiger partial charge < -0.3 is 5.73 Å². The molecule has 1 atom stereocenters. The number of nitrogens with one attached hydrogen (secondary N) is 1. The van der Waals surface area contributed by atoms with E-state index < -0.39 is 27.6 Å². The second kappa shape index (κ2) is 5.56. The monoisotopic (exact) mass is 295 g/mol. The van der Waals surface area contributed by atoms with Crippen LogP contribution in [0.5, 0.6) is 0 Å². The highest BCUT2D eigenvalue weighted by Gasteiger charge is 2.22. The summed E-state index contributed by atoms with van der Waals surface area (Å²) in [6, 6.07) is 8.29. The minimum absolute atomic E-state index is 0.278. The molecular formula is C13H14FN3O2S. The molecule has 1 aromatic heterocycles. The molecule has 0 spiro atoms. The minimum atomic E-state index is -3.92. The van der Waals surface area contributed by atoms with Crippen LogP contribution in [0.25, 0.3) is 0 Å². The fourth-order valence-electron chi connectivity index (χ4n) is 1.74. The summed E-state index contributed by atoms with van der Waals surface area (Å²) in [4.78, 5) is 3.79. The molecule has 1 aromatic carbocycles. The van der Waals surface area contributed by atoms with Crippen LogP contribution in [-0.4, -0.2) is 13.4 Å². The van der Waals surface area contributed by atoms with E-state index in [1.807, 2.05) is 0 Å². The Morgan fingerprint density at radius 3 is 2.65 bits per heavy atom. The lowest BCUT2D eigenvalue weighted by molar-refractivity contribution is 0.562. The van der Waals surface area contributed by atoms with Gasteiger partial charge in [-0.3, -0.25) is 4.98 Å². The third-order valence-corrected chi connectivity index (χ3v) is 4.36. The largest absolute Gasteiger partial charge is 0.395 e. The Bertz CT molecular complexity index is 705. The van der Waals surface area contributed by atoms with Crippen molar-refractivity contribution in [2.75, 3.05) is 5.73 Å². The molecule has 0 radical (unpaired) electrons. The molecule has 2 aromatic rings. The highest BCUT2D eigenvalue weighted by molar-refractivity contribution is 7.89. The summed E-state index contributed by atoms with van der Waals surface area (Å²) in [6.07, 6.45) is 1.57. The van der Waals surface area contributed by atoms with Gasteiger partial charge in [-0.1, -0.05) is 12.1 Å². The number of sulfonamides is 1. The maximum atomic E-state index is 13.3. The third kappa shape index (κ3) is 2.94. The van der Waals surface area contributed by atoms with Crippen molar-refractivity contribution < 1.29 is 12.8 Å². The molecule has 20 heavy (non-hydrogen) atoms. The molecule has 7 heteroatoms. The zero-order valence-corrected chi connectivity index (χ0v) is 11.6. The molecule has 0 saturated heterocycles. The molecular weight excluding hydrogens is 281 g/mol. The van der Waals surface area contributed by atoms with Crippen LogP contribution in [0.4, 0.5) is 10.1 Å². The van der Waals surface area contributed by atoms with E-state index in [1.165, 1.54) is 12.1 Å². The smallest absolute Gasteiger partial charge is 0.243 e. The first-order chi connectivity index (χ1) is 9.42. The Morgan fingerprint density at radius 2 is 2.00 bits per heavy atom.